The van der Waals surface area contributed by atoms with Gasteiger partial charge in [0.15, 0.2) is 0 Å². The summed E-state index contributed by atoms with van der Waals surface area (Å²) in [5, 5.41) is 8.84. The topological polar surface area (TPSA) is 112 Å². The fraction of sp³-hybridized carbons (Fsp3) is 0.286. The number of guanidine groups is 1. The molecule has 1 aromatic carbocycles. The number of aliphatic imine (C=N–C) groups is 1. The van der Waals surface area contributed by atoms with Gasteiger partial charge in [0.25, 0.3) is 0 Å². The molecule has 2 aliphatic carbocycles. The number of halogens is 1. The summed E-state index contributed by atoms with van der Waals surface area (Å²) in [4.78, 5) is 8.60. The van der Waals surface area contributed by atoms with Gasteiger partial charge in [-0.05, 0) is 53.8 Å². The Labute approximate surface area is 173 Å². The molecule has 9 heteroatoms. The fourth-order valence-corrected chi connectivity index (χ4v) is 6.65. The van der Waals surface area contributed by atoms with Crippen LogP contribution in [0.1, 0.15) is 40.8 Å². The lowest BCUT2D eigenvalue weighted by Crippen LogP contribution is -2.62. The number of benzene rings is 1. The van der Waals surface area contributed by atoms with Crippen LogP contribution in [-0.2, 0) is 22.0 Å². The van der Waals surface area contributed by atoms with Gasteiger partial charge in [0.2, 0.25) is 16.0 Å². The van der Waals surface area contributed by atoms with E-state index in [0.29, 0.717) is 30.4 Å². The second-order valence-electron chi connectivity index (χ2n) is 7.93. The molecule has 0 amide bonds. The van der Waals surface area contributed by atoms with Crippen molar-refractivity contribution in [3.05, 3.63) is 64.5 Å². The van der Waals surface area contributed by atoms with Gasteiger partial charge in [-0.2, -0.15) is 5.26 Å². The van der Waals surface area contributed by atoms with Gasteiger partial charge in [-0.25, -0.2) is 22.1 Å². The van der Waals surface area contributed by atoms with Crippen LogP contribution in [0, 0.1) is 11.3 Å². The minimum absolute atomic E-state index is 0.0212. The van der Waals surface area contributed by atoms with Crippen molar-refractivity contribution < 1.29 is 12.8 Å². The molecule has 5 rings (SSSR count). The Morgan fingerprint density at radius 3 is 2.73 bits per heavy atom. The molecule has 1 aliphatic heterocycles. The molecule has 0 saturated heterocycles. The largest absolute Gasteiger partial charge is 0.369 e. The van der Waals surface area contributed by atoms with E-state index in [2.05, 4.69) is 9.98 Å². The number of nitriles is 1. The van der Waals surface area contributed by atoms with Crippen molar-refractivity contribution in [1.29, 1.82) is 5.26 Å². The Morgan fingerprint density at radius 1 is 1.33 bits per heavy atom. The number of hydrogen-bond donors (Lipinski definition) is 1. The number of sulfonamides is 1. The van der Waals surface area contributed by atoms with Crippen LogP contribution in [0.15, 0.2) is 41.5 Å². The van der Waals surface area contributed by atoms with E-state index in [4.69, 9.17) is 11.0 Å². The van der Waals surface area contributed by atoms with Gasteiger partial charge >= 0.3 is 0 Å². The summed E-state index contributed by atoms with van der Waals surface area (Å²) >= 11 is 0. The van der Waals surface area contributed by atoms with E-state index < -0.39 is 26.1 Å². The zero-order chi connectivity index (χ0) is 21.3. The van der Waals surface area contributed by atoms with Crippen LogP contribution in [0.25, 0.3) is 11.9 Å². The number of pyridine rings is 1. The molecule has 2 N–H and O–H groups in total. The van der Waals surface area contributed by atoms with Crippen molar-refractivity contribution in [2.24, 2.45) is 10.7 Å². The van der Waals surface area contributed by atoms with Gasteiger partial charge in [0.05, 0.1) is 11.3 Å². The Morgan fingerprint density at radius 2 is 2.10 bits per heavy atom. The lowest BCUT2D eigenvalue weighted by atomic mass is 9.67. The minimum Gasteiger partial charge on any atom is -0.369 e. The third-order valence-corrected chi connectivity index (χ3v) is 9.04. The molecular weight excluding hydrogens is 405 g/mol. The number of nitrogens with two attached hydrogens (primary N) is 1. The lowest BCUT2D eigenvalue weighted by Gasteiger charge is -2.50. The molecule has 0 bridgehead atoms. The van der Waals surface area contributed by atoms with E-state index in [1.165, 1.54) is 31.5 Å². The van der Waals surface area contributed by atoms with Crippen LogP contribution in [0.2, 0.25) is 0 Å². The van der Waals surface area contributed by atoms with Crippen LogP contribution in [0.5, 0.6) is 0 Å². The summed E-state index contributed by atoms with van der Waals surface area (Å²) in [7, 11) is -2.19. The SMILES string of the molecule is CN1C(N)=N[C@@]2(Cc3ccc(/C=C(\F)c4ccc(C#N)cn4)cc32)C2(CC2)S1(=O)=O. The Kier molecular flexibility index (Phi) is 3.68. The summed E-state index contributed by atoms with van der Waals surface area (Å²) in [6.07, 6.45) is 4.21. The van der Waals surface area contributed by atoms with E-state index >= 15 is 0 Å². The number of fused-ring (bicyclic) bond motifs is 3. The highest BCUT2D eigenvalue weighted by atomic mass is 32.2. The van der Waals surface area contributed by atoms with Gasteiger partial charge < -0.3 is 5.73 Å². The maximum absolute atomic E-state index is 14.7. The summed E-state index contributed by atoms with van der Waals surface area (Å²) in [6.45, 7) is 0. The van der Waals surface area contributed by atoms with Crippen molar-refractivity contribution in [1.82, 2.24) is 9.29 Å². The van der Waals surface area contributed by atoms with Crippen molar-refractivity contribution >= 4 is 27.9 Å². The molecule has 2 spiro atoms. The first kappa shape index (κ1) is 18.8. The second kappa shape index (κ2) is 5.89. The Bertz CT molecular complexity index is 1290. The van der Waals surface area contributed by atoms with Crippen LogP contribution in [0.4, 0.5) is 4.39 Å². The Hall–Kier alpha value is -3.25. The van der Waals surface area contributed by atoms with Crippen LogP contribution in [-0.4, -0.2) is 35.5 Å². The third kappa shape index (κ3) is 2.25. The van der Waals surface area contributed by atoms with Crippen molar-refractivity contribution in [2.45, 2.75) is 29.5 Å². The molecule has 1 aromatic heterocycles. The number of nitrogens with zero attached hydrogens (tertiary/aromatic N) is 4. The molecule has 152 valence electrons. The molecule has 3 aliphatic rings. The number of hydrogen-bond acceptors (Lipinski definition) is 6. The normalized spacial score (nSPS) is 25.3. The third-order valence-electron chi connectivity index (χ3n) is 6.40. The smallest absolute Gasteiger partial charge is 0.245 e. The summed E-state index contributed by atoms with van der Waals surface area (Å²) in [6, 6.07) is 10.3. The molecule has 0 radical (unpaired) electrons. The predicted octanol–water partition coefficient (Wildman–Crippen LogP) is 2.29. The van der Waals surface area contributed by atoms with Gasteiger partial charge in [-0.15, -0.1) is 0 Å². The molecule has 7 nitrogen and oxygen atoms in total. The molecule has 1 saturated carbocycles. The summed E-state index contributed by atoms with van der Waals surface area (Å²) < 4.78 is 41.0. The first-order valence-electron chi connectivity index (χ1n) is 9.45. The highest BCUT2D eigenvalue weighted by Gasteiger charge is 2.74. The first-order chi connectivity index (χ1) is 14.2. The lowest BCUT2D eigenvalue weighted by molar-refractivity contribution is 0.322. The van der Waals surface area contributed by atoms with Crippen molar-refractivity contribution in [3.63, 3.8) is 0 Å². The first-order valence-corrected chi connectivity index (χ1v) is 10.9. The summed E-state index contributed by atoms with van der Waals surface area (Å²) in [5.41, 5.74) is 7.87. The van der Waals surface area contributed by atoms with Gasteiger partial charge in [-0.1, -0.05) is 12.1 Å². The maximum Gasteiger partial charge on any atom is 0.245 e. The number of rotatable bonds is 2. The highest BCUT2D eigenvalue weighted by Crippen LogP contribution is 2.65. The quantitative estimate of drug-likeness (QED) is 0.796. The van der Waals surface area contributed by atoms with Gasteiger partial charge in [0.1, 0.15) is 22.2 Å². The van der Waals surface area contributed by atoms with E-state index in [0.717, 1.165) is 15.4 Å². The molecule has 0 unspecified atom stereocenters. The van der Waals surface area contributed by atoms with E-state index in [9.17, 15) is 12.8 Å². The predicted molar refractivity (Wildman–Crippen MR) is 110 cm³/mol. The minimum atomic E-state index is -3.62. The van der Waals surface area contributed by atoms with Gasteiger partial charge in [-0.3, -0.25) is 4.98 Å². The van der Waals surface area contributed by atoms with Crippen LogP contribution < -0.4 is 5.73 Å². The zero-order valence-corrected chi connectivity index (χ0v) is 16.9. The van der Waals surface area contributed by atoms with E-state index in [1.807, 2.05) is 12.1 Å². The molecule has 30 heavy (non-hydrogen) atoms. The van der Waals surface area contributed by atoms with Crippen LogP contribution >= 0.6 is 0 Å². The monoisotopic (exact) mass is 423 g/mol. The fourth-order valence-electron chi connectivity index (χ4n) is 4.57. The molecule has 1 atom stereocenters. The number of aromatic nitrogens is 1. The summed E-state index contributed by atoms with van der Waals surface area (Å²) in [5.74, 6) is -0.569. The molecule has 2 aromatic rings. The standard InChI is InChI=1S/C21H18FN5O2S/c1-27-19(24)26-21(20(6-7-20)30(27,28)29)10-15-4-2-13(8-16(15)21)9-17(22)18-5-3-14(11-23)12-25-18/h2-5,8-9,12H,6-7,10H2,1H3,(H2,24,26)/b17-9-/t21-/m1/s1. The zero-order valence-electron chi connectivity index (χ0n) is 16.1. The Balaban J connectivity index is 1.57. The van der Waals surface area contributed by atoms with Crippen molar-refractivity contribution in [3.8, 4) is 6.07 Å². The molecular formula is C21H18FN5O2S. The molecule has 2 heterocycles. The van der Waals surface area contributed by atoms with Gasteiger partial charge in [0, 0.05) is 19.7 Å². The molecule has 1 fully saturated rings. The second-order valence-corrected chi connectivity index (χ2v) is 10.2. The van der Waals surface area contributed by atoms with Crippen molar-refractivity contribution in [2.75, 3.05) is 7.05 Å². The average molecular weight is 423 g/mol. The van der Waals surface area contributed by atoms with E-state index in [-0.39, 0.29) is 11.7 Å². The maximum atomic E-state index is 14.7. The van der Waals surface area contributed by atoms with E-state index in [1.54, 1.807) is 12.1 Å². The average Bonchev–Trinajstić information content (AvgIpc) is 3.54. The highest BCUT2D eigenvalue weighted by molar-refractivity contribution is 7.91. The van der Waals surface area contributed by atoms with Crippen LogP contribution in [0.3, 0.4) is 0 Å².